The molecule has 2 rings (SSSR count). The van der Waals surface area contributed by atoms with Gasteiger partial charge in [-0.25, -0.2) is 4.79 Å². The van der Waals surface area contributed by atoms with Crippen LogP contribution in [0.5, 0.6) is 0 Å². The zero-order chi connectivity index (χ0) is 17.5. The van der Waals surface area contributed by atoms with Crippen LogP contribution in [0.25, 0.3) is 0 Å². The maximum atomic E-state index is 11.7. The molecule has 5 heteroatoms. The molecule has 0 bridgehead atoms. The van der Waals surface area contributed by atoms with E-state index in [-0.39, 0.29) is 24.1 Å². The van der Waals surface area contributed by atoms with E-state index in [1.807, 2.05) is 13.8 Å². The number of hydrogen-bond donors (Lipinski definition) is 2. The fraction of sp³-hybridized carbons (Fsp3) is 0.895. The first kappa shape index (κ1) is 19.1. The zero-order valence-electron chi connectivity index (χ0n) is 15.5. The van der Waals surface area contributed by atoms with Gasteiger partial charge in [-0.3, -0.25) is 4.79 Å². The average molecular weight is 338 g/mol. The Morgan fingerprint density at radius 3 is 1.75 bits per heavy atom. The molecule has 138 valence electrons. The molecule has 0 atom stereocenters. The quantitative estimate of drug-likeness (QED) is 0.802. The van der Waals surface area contributed by atoms with Crippen molar-refractivity contribution in [2.45, 2.75) is 96.7 Å². The summed E-state index contributed by atoms with van der Waals surface area (Å²) >= 11 is 0. The third-order valence-corrected chi connectivity index (χ3v) is 5.43. The van der Waals surface area contributed by atoms with Crippen molar-refractivity contribution >= 4 is 12.0 Å². The van der Waals surface area contributed by atoms with Crippen molar-refractivity contribution in [2.75, 3.05) is 0 Å². The van der Waals surface area contributed by atoms with Gasteiger partial charge in [0, 0.05) is 19.0 Å². The minimum absolute atomic E-state index is 0.0611. The standard InChI is InChI=1S/C19H34N2O3/c1-13(2)24-19(23)21-18-10-6-16(7-11-18)12-15-4-8-17(9-5-15)20-14(3)22/h13,15-18H,4-12H2,1-3H3,(H,20,22)(H,21,23). The van der Waals surface area contributed by atoms with Gasteiger partial charge in [0.1, 0.15) is 0 Å². The molecule has 0 saturated heterocycles. The van der Waals surface area contributed by atoms with Crippen LogP contribution in [0.1, 0.15) is 78.6 Å². The average Bonchev–Trinajstić information content (AvgIpc) is 2.50. The molecule has 0 radical (unpaired) electrons. The van der Waals surface area contributed by atoms with Crippen LogP contribution in [-0.4, -0.2) is 30.2 Å². The maximum absolute atomic E-state index is 11.7. The summed E-state index contributed by atoms with van der Waals surface area (Å²) in [4.78, 5) is 22.8. The Morgan fingerprint density at radius 2 is 1.33 bits per heavy atom. The van der Waals surface area contributed by atoms with Gasteiger partial charge in [0.15, 0.2) is 0 Å². The second kappa shape index (κ2) is 9.28. The topological polar surface area (TPSA) is 67.4 Å². The van der Waals surface area contributed by atoms with E-state index in [2.05, 4.69) is 10.6 Å². The maximum Gasteiger partial charge on any atom is 0.407 e. The van der Waals surface area contributed by atoms with Crippen LogP contribution in [0.4, 0.5) is 4.79 Å². The van der Waals surface area contributed by atoms with Gasteiger partial charge in [-0.1, -0.05) is 0 Å². The molecule has 0 spiro atoms. The first-order valence-electron chi connectivity index (χ1n) is 9.66. The molecule has 0 aromatic rings. The first-order valence-corrected chi connectivity index (χ1v) is 9.66. The fourth-order valence-corrected chi connectivity index (χ4v) is 4.26. The zero-order valence-corrected chi connectivity index (χ0v) is 15.5. The van der Waals surface area contributed by atoms with Crippen molar-refractivity contribution in [3.8, 4) is 0 Å². The lowest BCUT2D eigenvalue weighted by Gasteiger charge is -2.34. The van der Waals surface area contributed by atoms with Crippen LogP contribution >= 0.6 is 0 Å². The number of ether oxygens (including phenoxy) is 1. The predicted octanol–water partition coefficient (Wildman–Crippen LogP) is 3.76. The van der Waals surface area contributed by atoms with Crippen molar-refractivity contribution in [3.63, 3.8) is 0 Å². The van der Waals surface area contributed by atoms with Crippen LogP contribution in [0.3, 0.4) is 0 Å². The van der Waals surface area contributed by atoms with Gasteiger partial charge in [0.05, 0.1) is 6.10 Å². The number of amides is 2. The summed E-state index contributed by atoms with van der Waals surface area (Å²) in [5.74, 6) is 1.71. The number of hydrogen-bond acceptors (Lipinski definition) is 3. The number of nitrogens with one attached hydrogen (secondary N) is 2. The molecule has 24 heavy (non-hydrogen) atoms. The van der Waals surface area contributed by atoms with E-state index in [1.165, 1.54) is 32.1 Å². The summed E-state index contributed by atoms with van der Waals surface area (Å²) < 4.78 is 5.16. The van der Waals surface area contributed by atoms with E-state index in [0.717, 1.165) is 37.5 Å². The van der Waals surface area contributed by atoms with Crippen LogP contribution in [0.15, 0.2) is 0 Å². The highest BCUT2D eigenvalue weighted by atomic mass is 16.6. The summed E-state index contributed by atoms with van der Waals surface area (Å²) in [7, 11) is 0. The normalized spacial score (nSPS) is 30.7. The highest BCUT2D eigenvalue weighted by Crippen LogP contribution is 2.35. The van der Waals surface area contributed by atoms with E-state index in [0.29, 0.717) is 6.04 Å². The molecule has 2 saturated carbocycles. The molecule has 0 aromatic carbocycles. The molecule has 5 nitrogen and oxygen atoms in total. The van der Waals surface area contributed by atoms with Gasteiger partial charge >= 0.3 is 6.09 Å². The second-order valence-corrected chi connectivity index (χ2v) is 7.97. The number of rotatable bonds is 5. The lowest BCUT2D eigenvalue weighted by Crippen LogP contribution is -2.39. The van der Waals surface area contributed by atoms with Gasteiger partial charge in [-0.2, -0.15) is 0 Å². The van der Waals surface area contributed by atoms with Gasteiger partial charge in [-0.05, 0) is 83.5 Å². The molecule has 2 fully saturated rings. The summed E-state index contributed by atoms with van der Waals surface area (Å²) in [6, 6.07) is 0.675. The molecular weight excluding hydrogens is 304 g/mol. The lowest BCUT2D eigenvalue weighted by molar-refractivity contribution is -0.119. The van der Waals surface area contributed by atoms with Crippen LogP contribution in [0, 0.1) is 11.8 Å². The largest absolute Gasteiger partial charge is 0.447 e. The fourth-order valence-electron chi connectivity index (χ4n) is 4.26. The third kappa shape index (κ3) is 6.70. The Balaban J connectivity index is 1.61. The number of carbonyl (C=O) groups excluding carboxylic acids is 2. The van der Waals surface area contributed by atoms with Gasteiger partial charge in [0.2, 0.25) is 5.91 Å². The highest BCUT2D eigenvalue weighted by molar-refractivity contribution is 5.73. The van der Waals surface area contributed by atoms with Gasteiger partial charge < -0.3 is 15.4 Å². The van der Waals surface area contributed by atoms with Crippen molar-refractivity contribution in [1.29, 1.82) is 0 Å². The van der Waals surface area contributed by atoms with Crippen molar-refractivity contribution in [1.82, 2.24) is 10.6 Å². The van der Waals surface area contributed by atoms with Crippen LogP contribution < -0.4 is 10.6 Å². The Morgan fingerprint density at radius 1 is 0.875 bits per heavy atom. The van der Waals surface area contributed by atoms with E-state index in [1.54, 1.807) is 6.92 Å². The monoisotopic (exact) mass is 338 g/mol. The van der Waals surface area contributed by atoms with E-state index < -0.39 is 0 Å². The smallest absolute Gasteiger partial charge is 0.407 e. The molecular formula is C19H34N2O3. The third-order valence-electron chi connectivity index (χ3n) is 5.43. The van der Waals surface area contributed by atoms with E-state index in [9.17, 15) is 9.59 Å². The lowest BCUT2D eigenvalue weighted by atomic mass is 9.75. The summed E-state index contributed by atoms with van der Waals surface area (Å²) in [5, 5.41) is 6.05. The summed E-state index contributed by atoms with van der Waals surface area (Å²) in [5.41, 5.74) is 0. The first-order chi connectivity index (χ1) is 11.4. The van der Waals surface area contributed by atoms with E-state index >= 15 is 0 Å². The van der Waals surface area contributed by atoms with Gasteiger partial charge in [-0.15, -0.1) is 0 Å². The second-order valence-electron chi connectivity index (χ2n) is 7.97. The molecule has 0 heterocycles. The van der Waals surface area contributed by atoms with E-state index in [4.69, 9.17) is 4.74 Å². The molecule has 0 unspecified atom stereocenters. The Kier molecular flexibility index (Phi) is 7.38. The van der Waals surface area contributed by atoms with Crippen LogP contribution in [0.2, 0.25) is 0 Å². The number of carbonyl (C=O) groups is 2. The Hall–Kier alpha value is -1.26. The SMILES string of the molecule is CC(=O)NC1CCC(CC2CCC(NC(=O)OC(C)C)CC2)CC1. The summed E-state index contributed by atoms with van der Waals surface area (Å²) in [6.07, 6.45) is 10.3. The molecule has 0 aliphatic heterocycles. The summed E-state index contributed by atoms with van der Waals surface area (Å²) in [6.45, 7) is 5.35. The highest BCUT2D eigenvalue weighted by Gasteiger charge is 2.27. The number of alkyl carbamates (subject to hydrolysis) is 1. The minimum Gasteiger partial charge on any atom is -0.447 e. The molecule has 2 amide bonds. The molecule has 2 aliphatic rings. The molecule has 0 aromatic heterocycles. The minimum atomic E-state index is -0.273. The van der Waals surface area contributed by atoms with Crippen molar-refractivity contribution in [3.05, 3.63) is 0 Å². The van der Waals surface area contributed by atoms with Crippen molar-refractivity contribution < 1.29 is 14.3 Å². The Labute approximate surface area is 146 Å². The van der Waals surface area contributed by atoms with Crippen LogP contribution in [-0.2, 0) is 9.53 Å². The Bertz CT molecular complexity index is 409. The molecule has 2 N–H and O–H groups in total. The van der Waals surface area contributed by atoms with Crippen molar-refractivity contribution in [2.24, 2.45) is 11.8 Å². The predicted molar refractivity (Wildman–Crippen MR) is 94.7 cm³/mol. The van der Waals surface area contributed by atoms with Gasteiger partial charge in [0.25, 0.3) is 0 Å². The molecule has 2 aliphatic carbocycles.